The molecule has 0 bridgehead atoms. The van der Waals surface area contributed by atoms with Crippen molar-refractivity contribution in [2.45, 2.75) is 52.4 Å². The van der Waals surface area contributed by atoms with Crippen molar-refractivity contribution in [2.24, 2.45) is 0 Å². The quantitative estimate of drug-likeness (QED) is 0.304. The molecule has 3 rings (SSSR count). The Balaban J connectivity index is 1.82. The summed E-state index contributed by atoms with van der Waals surface area (Å²) in [7, 11) is -3.84. The first-order valence-electron chi connectivity index (χ1n) is 13.1. The maximum absolute atomic E-state index is 13.7. The van der Waals surface area contributed by atoms with Crippen molar-refractivity contribution < 1.29 is 22.7 Å². The van der Waals surface area contributed by atoms with Crippen LogP contribution in [0.25, 0.3) is 0 Å². The predicted molar refractivity (Wildman–Crippen MR) is 159 cm³/mol. The van der Waals surface area contributed by atoms with E-state index in [1.807, 2.05) is 44.2 Å². The zero-order valence-corrected chi connectivity index (χ0v) is 24.8. The molecule has 40 heavy (non-hydrogen) atoms. The number of rotatable bonds is 13. The first-order valence-corrected chi connectivity index (χ1v) is 15.3. The van der Waals surface area contributed by atoms with Gasteiger partial charge in [-0.1, -0.05) is 61.0 Å². The lowest BCUT2D eigenvalue weighted by Gasteiger charge is -2.32. The number of amides is 2. The van der Waals surface area contributed by atoms with E-state index < -0.39 is 28.5 Å². The number of halogens is 1. The number of anilines is 1. The second kappa shape index (κ2) is 14.2. The SMILES string of the molecule is CC[C@H](C)NC(=O)[C@@H](C)N(Cc1cccc(Cl)c1)C(=O)CN(c1ccc(OCc2ccccc2)cc1)S(C)(=O)=O. The average Bonchev–Trinajstić information content (AvgIpc) is 2.93. The molecule has 3 aromatic carbocycles. The first kappa shape index (κ1) is 31.0. The van der Waals surface area contributed by atoms with E-state index in [0.717, 1.165) is 28.1 Å². The van der Waals surface area contributed by atoms with Gasteiger partial charge in [-0.05, 0) is 67.8 Å². The fourth-order valence-corrected chi connectivity index (χ4v) is 5.01. The van der Waals surface area contributed by atoms with Gasteiger partial charge in [0.25, 0.3) is 0 Å². The summed E-state index contributed by atoms with van der Waals surface area (Å²) >= 11 is 6.15. The number of ether oxygens (including phenoxy) is 1. The molecular weight excluding hydrogens is 550 g/mol. The molecule has 1 N–H and O–H groups in total. The fraction of sp³-hybridized carbons (Fsp3) is 0.333. The Morgan fingerprint density at radius 3 is 2.20 bits per heavy atom. The molecule has 0 aliphatic carbocycles. The Labute approximate surface area is 241 Å². The van der Waals surface area contributed by atoms with Gasteiger partial charge in [-0.25, -0.2) is 8.42 Å². The summed E-state index contributed by atoms with van der Waals surface area (Å²) in [6.07, 6.45) is 1.77. The molecule has 2 amide bonds. The zero-order valence-electron chi connectivity index (χ0n) is 23.2. The number of hydrogen-bond acceptors (Lipinski definition) is 5. The lowest BCUT2D eigenvalue weighted by atomic mass is 10.1. The smallest absolute Gasteiger partial charge is 0.244 e. The van der Waals surface area contributed by atoms with Crippen LogP contribution < -0.4 is 14.4 Å². The summed E-state index contributed by atoms with van der Waals surface area (Å²) in [5.74, 6) is -0.289. The number of carbonyl (C=O) groups is 2. The monoisotopic (exact) mass is 585 g/mol. The van der Waals surface area contributed by atoms with Crippen molar-refractivity contribution in [3.8, 4) is 5.75 Å². The maximum atomic E-state index is 13.7. The Kier molecular flexibility index (Phi) is 11.0. The van der Waals surface area contributed by atoms with Crippen LogP contribution in [0.15, 0.2) is 78.9 Å². The van der Waals surface area contributed by atoms with Gasteiger partial charge in [-0.2, -0.15) is 0 Å². The summed E-state index contributed by atoms with van der Waals surface area (Å²) < 4.78 is 32.4. The molecular formula is C30H36ClN3O5S. The highest BCUT2D eigenvalue weighted by Crippen LogP contribution is 2.23. The largest absolute Gasteiger partial charge is 0.489 e. The Hall–Kier alpha value is -3.56. The third-order valence-corrected chi connectivity index (χ3v) is 7.84. The van der Waals surface area contributed by atoms with E-state index in [1.165, 1.54) is 4.90 Å². The van der Waals surface area contributed by atoms with Gasteiger partial charge in [0.2, 0.25) is 21.8 Å². The summed E-state index contributed by atoms with van der Waals surface area (Å²) in [5.41, 5.74) is 2.03. The third-order valence-electron chi connectivity index (χ3n) is 6.46. The van der Waals surface area contributed by atoms with Crippen molar-refractivity contribution >= 4 is 39.1 Å². The van der Waals surface area contributed by atoms with Crippen molar-refractivity contribution in [2.75, 3.05) is 17.1 Å². The van der Waals surface area contributed by atoms with Crippen LogP contribution in [0.4, 0.5) is 5.69 Å². The number of nitrogens with one attached hydrogen (secondary N) is 1. The fourth-order valence-electron chi connectivity index (χ4n) is 3.94. The van der Waals surface area contributed by atoms with Crippen LogP contribution in [0.3, 0.4) is 0 Å². The number of benzene rings is 3. The molecule has 2 atom stereocenters. The van der Waals surface area contributed by atoms with E-state index >= 15 is 0 Å². The third kappa shape index (κ3) is 8.99. The molecule has 0 heterocycles. The minimum absolute atomic E-state index is 0.0757. The molecule has 3 aromatic rings. The first-order chi connectivity index (χ1) is 19.0. The van der Waals surface area contributed by atoms with Crippen LogP contribution in [-0.2, 0) is 32.8 Å². The van der Waals surface area contributed by atoms with E-state index in [-0.39, 0.29) is 18.5 Å². The molecule has 214 valence electrons. The van der Waals surface area contributed by atoms with Gasteiger partial charge in [0.1, 0.15) is 24.9 Å². The van der Waals surface area contributed by atoms with Crippen molar-refractivity contribution in [1.29, 1.82) is 0 Å². The lowest BCUT2D eigenvalue weighted by Crippen LogP contribution is -2.52. The minimum atomic E-state index is -3.84. The van der Waals surface area contributed by atoms with Crippen molar-refractivity contribution in [1.82, 2.24) is 10.2 Å². The van der Waals surface area contributed by atoms with E-state index in [9.17, 15) is 18.0 Å². The van der Waals surface area contributed by atoms with Gasteiger partial charge in [-0.3, -0.25) is 13.9 Å². The molecule has 0 aliphatic heterocycles. The van der Waals surface area contributed by atoms with Crippen molar-refractivity contribution in [3.05, 3.63) is 95.0 Å². The van der Waals surface area contributed by atoms with E-state index in [0.29, 0.717) is 23.1 Å². The Morgan fingerprint density at radius 2 is 1.60 bits per heavy atom. The standard InChI is InChI=1S/C30H36ClN3O5S/c1-5-22(2)32-30(36)23(3)33(19-25-12-9-13-26(31)18-25)29(35)20-34(40(4,37)38)27-14-16-28(17-15-27)39-21-24-10-7-6-8-11-24/h6-18,22-23H,5,19-21H2,1-4H3,(H,32,36)/t22-,23+/m0/s1. The number of hydrogen-bond donors (Lipinski definition) is 1. The number of sulfonamides is 1. The molecule has 10 heteroatoms. The second-order valence-electron chi connectivity index (χ2n) is 9.68. The van der Waals surface area contributed by atoms with Crippen molar-refractivity contribution in [3.63, 3.8) is 0 Å². The summed E-state index contributed by atoms with van der Waals surface area (Å²) in [5, 5.41) is 3.40. The molecule has 0 unspecified atom stereocenters. The zero-order chi connectivity index (χ0) is 29.3. The Morgan fingerprint density at radius 1 is 0.950 bits per heavy atom. The van der Waals surface area contributed by atoms with E-state index in [1.54, 1.807) is 55.5 Å². The molecule has 0 saturated carbocycles. The number of carbonyl (C=O) groups excluding carboxylic acids is 2. The van der Waals surface area contributed by atoms with Gasteiger partial charge in [0, 0.05) is 17.6 Å². The minimum Gasteiger partial charge on any atom is -0.489 e. The highest BCUT2D eigenvalue weighted by atomic mass is 35.5. The van der Waals surface area contributed by atoms with Crippen LogP contribution in [-0.4, -0.2) is 50.0 Å². The van der Waals surface area contributed by atoms with E-state index in [4.69, 9.17) is 16.3 Å². The summed E-state index contributed by atoms with van der Waals surface area (Å²) in [6, 6.07) is 22.2. The molecule has 0 fully saturated rings. The topological polar surface area (TPSA) is 96.0 Å². The van der Waals surface area contributed by atoms with Gasteiger partial charge in [0.15, 0.2) is 0 Å². The normalized spacial score (nSPS) is 12.7. The van der Waals surface area contributed by atoms with Gasteiger partial charge < -0.3 is 15.0 Å². The van der Waals surface area contributed by atoms with Crippen LogP contribution >= 0.6 is 11.6 Å². The Bertz CT molecular complexity index is 1380. The predicted octanol–water partition coefficient (Wildman–Crippen LogP) is 5.02. The van der Waals surface area contributed by atoms with Gasteiger partial charge >= 0.3 is 0 Å². The molecule has 0 aliphatic rings. The molecule has 0 saturated heterocycles. The summed E-state index contributed by atoms with van der Waals surface area (Å²) in [6.45, 7) is 5.43. The molecule has 0 aromatic heterocycles. The lowest BCUT2D eigenvalue weighted by molar-refractivity contribution is -0.139. The maximum Gasteiger partial charge on any atom is 0.244 e. The number of nitrogens with zero attached hydrogens (tertiary/aromatic N) is 2. The van der Waals surface area contributed by atoms with E-state index in [2.05, 4.69) is 5.32 Å². The van der Waals surface area contributed by atoms with Crippen LogP contribution in [0.2, 0.25) is 5.02 Å². The second-order valence-corrected chi connectivity index (χ2v) is 12.0. The van der Waals surface area contributed by atoms with Crippen LogP contribution in [0.5, 0.6) is 5.75 Å². The molecule has 8 nitrogen and oxygen atoms in total. The highest BCUT2D eigenvalue weighted by molar-refractivity contribution is 7.92. The van der Waals surface area contributed by atoms with Crippen LogP contribution in [0, 0.1) is 0 Å². The van der Waals surface area contributed by atoms with Gasteiger partial charge in [0.05, 0.1) is 11.9 Å². The average molecular weight is 586 g/mol. The molecule has 0 radical (unpaired) electrons. The highest BCUT2D eigenvalue weighted by Gasteiger charge is 2.30. The van der Waals surface area contributed by atoms with Gasteiger partial charge in [-0.15, -0.1) is 0 Å². The van der Waals surface area contributed by atoms with Crippen LogP contribution in [0.1, 0.15) is 38.3 Å². The molecule has 0 spiro atoms. The summed E-state index contributed by atoms with van der Waals surface area (Å²) in [4.78, 5) is 28.0.